The topological polar surface area (TPSA) is 79.0 Å². The fraction of sp³-hybridized carbons (Fsp3) is 0.348. The molecule has 30 heavy (non-hydrogen) atoms. The second-order valence-electron chi connectivity index (χ2n) is 7.28. The van der Waals surface area contributed by atoms with Gasteiger partial charge < -0.3 is 15.0 Å². The van der Waals surface area contributed by atoms with Crippen molar-refractivity contribution in [3.63, 3.8) is 0 Å². The van der Waals surface area contributed by atoms with Crippen molar-refractivity contribution in [3.8, 4) is 5.75 Å². The largest absolute Gasteiger partial charge is 0.482 e. The van der Waals surface area contributed by atoms with Gasteiger partial charge in [0.2, 0.25) is 5.91 Å². The van der Waals surface area contributed by atoms with Crippen LogP contribution in [0.5, 0.6) is 5.75 Å². The highest BCUT2D eigenvalue weighted by Crippen LogP contribution is 2.33. The van der Waals surface area contributed by atoms with Crippen molar-refractivity contribution in [3.05, 3.63) is 53.1 Å². The number of aryl methyl sites for hydroxylation is 2. The molecule has 7 nitrogen and oxygen atoms in total. The van der Waals surface area contributed by atoms with Crippen LogP contribution in [0.25, 0.3) is 0 Å². The molecule has 0 saturated carbocycles. The van der Waals surface area contributed by atoms with Crippen LogP contribution in [0.15, 0.2) is 36.4 Å². The molecule has 7 heteroatoms. The van der Waals surface area contributed by atoms with Crippen molar-refractivity contribution in [1.82, 2.24) is 4.90 Å². The summed E-state index contributed by atoms with van der Waals surface area (Å²) in [6, 6.07) is 10.6. The van der Waals surface area contributed by atoms with E-state index in [1.165, 1.54) is 4.90 Å². The van der Waals surface area contributed by atoms with Gasteiger partial charge in [0, 0.05) is 24.3 Å². The van der Waals surface area contributed by atoms with Gasteiger partial charge in [0.25, 0.3) is 11.8 Å². The first-order valence-electron chi connectivity index (χ1n) is 10.1. The molecule has 0 spiro atoms. The van der Waals surface area contributed by atoms with Crippen LogP contribution < -0.4 is 15.0 Å². The van der Waals surface area contributed by atoms with Crippen molar-refractivity contribution in [1.29, 1.82) is 0 Å². The minimum absolute atomic E-state index is 0.125. The van der Waals surface area contributed by atoms with E-state index in [2.05, 4.69) is 5.32 Å². The van der Waals surface area contributed by atoms with E-state index in [9.17, 15) is 14.4 Å². The molecule has 2 aromatic carbocycles. The van der Waals surface area contributed by atoms with Crippen LogP contribution >= 0.6 is 0 Å². The third-order valence-electron chi connectivity index (χ3n) is 5.29. The molecule has 3 rings (SSSR count). The van der Waals surface area contributed by atoms with Gasteiger partial charge in [-0.25, -0.2) is 0 Å². The second-order valence-corrected chi connectivity index (χ2v) is 7.28. The van der Waals surface area contributed by atoms with Crippen LogP contribution in [-0.2, 0) is 9.59 Å². The third-order valence-corrected chi connectivity index (χ3v) is 5.29. The number of ether oxygens (including phenoxy) is 1. The summed E-state index contributed by atoms with van der Waals surface area (Å²) in [6.07, 6.45) is 0. The maximum atomic E-state index is 12.7. The third kappa shape index (κ3) is 4.45. The van der Waals surface area contributed by atoms with Gasteiger partial charge in [0.1, 0.15) is 12.3 Å². The van der Waals surface area contributed by atoms with Crippen LogP contribution in [0.2, 0.25) is 0 Å². The summed E-state index contributed by atoms with van der Waals surface area (Å²) in [4.78, 5) is 40.9. The van der Waals surface area contributed by atoms with Crippen LogP contribution in [-0.4, -0.2) is 48.9 Å². The Labute approximate surface area is 176 Å². The Bertz CT molecular complexity index is 982. The number of nitrogens with zero attached hydrogens (tertiary/aromatic N) is 2. The fourth-order valence-corrected chi connectivity index (χ4v) is 3.37. The lowest BCUT2D eigenvalue weighted by molar-refractivity contribution is -0.123. The molecule has 0 saturated heterocycles. The first-order chi connectivity index (χ1) is 14.3. The molecule has 1 aliphatic heterocycles. The summed E-state index contributed by atoms with van der Waals surface area (Å²) >= 11 is 0. The quantitative estimate of drug-likeness (QED) is 0.795. The molecule has 0 atom stereocenters. The second kappa shape index (κ2) is 8.98. The van der Waals surface area contributed by atoms with E-state index in [1.807, 2.05) is 45.9 Å². The van der Waals surface area contributed by atoms with Gasteiger partial charge in [-0.1, -0.05) is 6.07 Å². The molecule has 1 aliphatic rings. The van der Waals surface area contributed by atoms with Gasteiger partial charge in [-0.2, -0.15) is 0 Å². The lowest BCUT2D eigenvalue weighted by Gasteiger charge is -2.29. The van der Waals surface area contributed by atoms with Crippen LogP contribution in [0, 0.1) is 13.8 Å². The zero-order valence-corrected chi connectivity index (χ0v) is 17.8. The number of carbonyl (C=O) groups is 3. The van der Waals surface area contributed by atoms with E-state index in [-0.39, 0.29) is 30.9 Å². The number of rotatable bonds is 6. The van der Waals surface area contributed by atoms with E-state index in [4.69, 9.17) is 4.74 Å². The maximum absolute atomic E-state index is 12.7. The average Bonchev–Trinajstić information content (AvgIpc) is 2.73. The number of carbonyl (C=O) groups excluding carboxylic acids is 3. The SMILES string of the molecule is CCN(CC)C(=O)c1ccc2c(c1)N(CC(=O)Nc1ccc(C)c(C)c1)C(=O)CO2. The average molecular weight is 409 g/mol. The molecule has 0 aliphatic carbocycles. The molecule has 0 radical (unpaired) electrons. The van der Waals surface area contributed by atoms with E-state index in [0.717, 1.165) is 11.1 Å². The van der Waals surface area contributed by atoms with Gasteiger partial charge in [0.05, 0.1) is 5.69 Å². The van der Waals surface area contributed by atoms with Crippen molar-refractivity contribution in [2.24, 2.45) is 0 Å². The number of hydrogen-bond donors (Lipinski definition) is 1. The molecule has 1 heterocycles. The summed E-state index contributed by atoms with van der Waals surface area (Å²) < 4.78 is 5.49. The van der Waals surface area contributed by atoms with Crippen LogP contribution in [0.3, 0.4) is 0 Å². The van der Waals surface area contributed by atoms with Gasteiger partial charge >= 0.3 is 0 Å². The van der Waals surface area contributed by atoms with Crippen LogP contribution in [0.4, 0.5) is 11.4 Å². The maximum Gasteiger partial charge on any atom is 0.265 e. The monoisotopic (exact) mass is 409 g/mol. The molecule has 158 valence electrons. The predicted octanol–water partition coefficient (Wildman–Crippen LogP) is 3.15. The van der Waals surface area contributed by atoms with Crippen molar-refractivity contribution in [2.45, 2.75) is 27.7 Å². The molecule has 0 fully saturated rings. The number of nitrogens with one attached hydrogen (secondary N) is 1. The van der Waals surface area contributed by atoms with Gasteiger partial charge in [-0.3, -0.25) is 19.3 Å². The van der Waals surface area contributed by atoms with Gasteiger partial charge in [-0.15, -0.1) is 0 Å². The number of anilines is 2. The summed E-state index contributed by atoms with van der Waals surface area (Å²) in [5.74, 6) is -0.296. The molecule has 1 N–H and O–H groups in total. The Morgan fingerprint density at radius 1 is 1.07 bits per heavy atom. The standard InChI is InChI=1S/C23H27N3O4/c1-5-25(6-2)23(29)17-8-10-20-19(12-17)26(22(28)14-30-20)13-21(27)24-18-9-7-15(3)16(4)11-18/h7-12H,5-6,13-14H2,1-4H3,(H,24,27). The minimum Gasteiger partial charge on any atom is -0.482 e. The van der Waals surface area contributed by atoms with E-state index < -0.39 is 0 Å². The van der Waals surface area contributed by atoms with Gasteiger partial charge in [-0.05, 0) is 69.2 Å². The lowest BCUT2D eigenvalue weighted by atomic mass is 10.1. The number of hydrogen-bond acceptors (Lipinski definition) is 4. The van der Waals surface area contributed by atoms with E-state index >= 15 is 0 Å². The van der Waals surface area contributed by atoms with Crippen molar-refractivity contribution in [2.75, 3.05) is 36.5 Å². The Kier molecular flexibility index (Phi) is 6.40. The zero-order valence-electron chi connectivity index (χ0n) is 17.8. The smallest absolute Gasteiger partial charge is 0.265 e. The Morgan fingerprint density at radius 3 is 2.47 bits per heavy atom. The van der Waals surface area contributed by atoms with Crippen molar-refractivity contribution < 1.29 is 19.1 Å². The predicted molar refractivity (Wildman–Crippen MR) is 116 cm³/mol. The summed E-state index contributed by atoms with van der Waals surface area (Å²) in [7, 11) is 0. The normalized spacial score (nSPS) is 12.8. The molecule has 2 aromatic rings. The molecule has 0 bridgehead atoms. The Balaban J connectivity index is 1.82. The van der Waals surface area contributed by atoms with Gasteiger partial charge in [0.15, 0.2) is 6.61 Å². The number of benzene rings is 2. The number of fused-ring (bicyclic) bond motifs is 1. The highest BCUT2D eigenvalue weighted by molar-refractivity contribution is 6.06. The van der Waals surface area contributed by atoms with Crippen molar-refractivity contribution >= 4 is 29.1 Å². The summed E-state index contributed by atoms with van der Waals surface area (Å²) in [5.41, 5.74) is 3.76. The molecule has 0 aromatic heterocycles. The fourth-order valence-electron chi connectivity index (χ4n) is 3.37. The molecular formula is C23H27N3O4. The molecular weight excluding hydrogens is 382 g/mol. The highest BCUT2D eigenvalue weighted by atomic mass is 16.5. The van der Waals surface area contributed by atoms with E-state index in [0.29, 0.717) is 35.8 Å². The van der Waals surface area contributed by atoms with Crippen LogP contribution in [0.1, 0.15) is 35.3 Å². The summed E-state index contributed by atoms with van der Waals surface area (Å²) in [5, 5.41) is 2.83. The zero-order chi connectivity index (χ0) is 21.8. The first kappa shape index (κ1) is 21.4. The molecule has 0 unspecified atom stereocenters. The Hall–Kier alpha value is -3.35. The Morgan fingerprint density at radius 2 is 1.80 bits per heavy atom. The molecule has 3 amide bonds. The lowest BCUT2D eigenvalue weighted by Crippen LogP contribution is -2.43. The number of amides is 3. The van der Waals surface area contributed by atoms with E-state index in [1.54, 1.807) is 23.1 Å². The highest BCUT2D eigenvalue weighted by Gasteiger charge is 2.29. The first-order valence-corrected chi connectivity index (χ1v) is 10.1. The summed E-state index contributed by atoms with van der Waals surface area (Å²) in [6.45, 7) is 8.67. The minimum atomic E-state index is -0.329.